The highest BCUT2D eigenvalue weighted by Crippen LogP contribution is 2.38. The summed E-state index contributed by atoms with van der Waals surface area (Å²) in [5.41, 5.74) is -0.788. The molecule has 0 N–H and O–H groups in total. The Morgan fingerprint density at radius 3 is 2.22 bits per heavy atom. The van der Waals surface area contributed by atoms with Gasteiger partial charge in [0.2, 0.25) is 16.6 Å². The molecule has 5 aromatic rings. The van der Waals surface area contributed by atoms with E-state index in [2.05, 4.69) is 0 Å². The topological polar surface area (TPSA) is 56.5 Å². The van der Waals surface area contributed by atoms with Crippen LogP contribution >= 0.6 is 0 Å². The molecule has 134 valence electrons. The molecule has 0 unspecified atom stereocenters. The van der Waals surface area contributed by atoms with Gasteiger partial charge in [0.1, 0.15) is 11.8 Å². The number of halogens is 3. The van der Waals surface area contributed by atoms with Crippen molar-refractivity contribution >= 4 is 32.9 Å². The summed E-state index contributed by atoms with van der Waals surface area (Å²) in [6, 6.07) is 11.7. The quantitative estimate of drug-likeness (QED) is 0.269. The fourth-order valence-electron chi connectivity index (χ4n) is 3.33. The van der Waals surface area contributed by atoms with E-state index in [-0.39, 0.29) is 22.1 Å². The van der Waals surface area contributed by atoms with Gasteiger partial charge in [-0.25, -0.2) is 0 Å². The lowest BCUT2D eigenvalue weighted by atomic mass is 9.97. The van der Waals surface area contributed by atoms with E-state index in [0.717, 1.165) is 12.3 Å². The molecule has 0 saturated carbocycles. The first-order valence-electron chi connectivity index (χ1n) is 7.97. The van der Waals surface area contributed by atoms with Gasteiger partial charge in [0.25, 0.3) is 0 Å². The molecule has 7 heteroatoms. The van der Waals surface area contributed by atoms with E-state index in [4.69, 9.17) is 13.6 Å². The second-order valence-corrected chi connectivity index (χ2v) is 6.12. The van der Waals surface area contributed by atoms with Crippen molar-refractivity contribution < 1.29 is 26.7 Å². The van der Waals surface area contributed by atoms with Gasteiger partial charge in [-0.15, -0.1) is 0 Å². The smallest absolute Gasteiger partial charge is 0.417 e. The van der Waals surface area contributed by atoms with Gasteiger partial charge >= 0.3 is 6.18 Å². The van der Waals surface area contributed by atoms with Crippen molar-refractivity contribution in [2.45, 2.75) is 6.18 Å². The van der Waals surface area contributed by atoms with Crippen LogP contribution in [0, 0.1) is 0 Å². The molecule has 0 saturated heterocycles. The highest BCUT2D eigenvalue weighted by atomic mass is 19.4. The van der Waals surface area contributed by atoms with Crippen molar-refractivity contribution in [3.05, 3.63) is 70.6 Å². The van der Waals surface area contributed by atoms with Crippen LogP contribution in [0.25, 0.3) is 44.0 Å². The maximum atomic E-state index is 13.4. The van der Waals surface area contributed by atoms with Gasteiger partial charge in [0, 0.05) is 10.9 Å². The SMILES string of the molecule is O=c1c(-c2ccccc2C(F)(F)F)coc2ccc3ccc4ooc4c3c12. The van der Waals surface area contributed by atoms with Crippen molar-refractivity contribution in [2.24, 2.45) is 0 Å². The van der Waals surface area contributed by atoms with Crippen LogP contribution in [0.15, 0.2) is 73.2 Å². The lowest BCUT2D eigenvalue weighted by molar-refractivity contribution is -0.137. The van der Waals surface area contributed by atoms with Crippen molar-refractivity contribution in [3.8, 4) is 11.1 Å². The Balaban J connectivity index is 1.92. The molecule has 0 aliphatic carbocycles. The molecule has 0 bridgehead atoms. The third-order valence-corrected chi connectivity index (χ3v) is 4.58. The molecule has 0 atom stereocenters. The zero-order valence-corrected chi connectivity index (χ0v) is 13.5. The number of hydrogen-bond acceptors (Lipinski definition) is 4. The summed E-state index contributed by atoms with van der Waals surface area (Å²) in [7, 11) is 0. The summed E-state index contributed by atoms with van der Waals surface area (Å²) in [5.74, 6) is 0. The van der Waals surface area contributed by atoms with Gasteiger partial charge in [-0.1, -0.05) is 30.3 Å². The summed E-state index contributed by atoms with van der Waals surface area (Å²) in [6.07, 6.45) is -3.54. The van der Waals surface area contributed by atoms with Crippen LogP contribution in [-0.2, 0) is 6.18 Å². The molecule has 2 aromatic heterocycles. The van der Waals surface area contributed by atoms with Crippen molar-refractivity contribution in [1.29, 1.82) is 0 Å². The van der Waals surface area contributed by atoms with Crippen molar-refractivity contribution in [1.82, 2.24) is 0 Å². The minimum absolute atomic E-state index is 0.155. The average molecular weight is 370 g/mol. The molecule has 5 rings (SSSR count). The Bertz CT molecular complexity index is 1380. The van der Waals surface area contributed by atoms with Crippen LogP contribution in [-0.4, -0.2) is 0 Å². The van der Waals surface area contributed by atoms with E-state index in [1.807, 2.05) is 0 Å². The average Bonchev–Trinajstić information content (AvgIpc) is 2.61. The van der Waals surface area contributed by atoms with Gasteiger partial charge in [0.15, 0.2) is 0 Å². The second kappa shape index (κ2) is 5.26. The van der Waals surface area contributed by atoms with Crippen LogP contribution in [0.4, 0.5) is 13.2 Å². The first-order valence-corrected chi connectivity index (χ1v) is 7.97. The van der Waals surface area contributed by atoms with Crippen LogP contribution < -0.4 is 5.43 Å². The summed E-state index contributed by atoms with van der Waals surface area (Å²) in [6.45, 7) is 0. The maximum Gasteiger partial charge on any atom is 0.417 e. The standard InChI is InChI=1S/C20H9F3O4/c21-20(22,23)13-4-2-1-3-11(13)12-9-25-14-7-5-10-6-8-15-19(27-26-15)16(10)17(14)18(12)24/h1-9H. The summed E-state index contributed by atoms with van der Waals surface area (Å²) in [5, 5.41) is 1.30. The van der Waals surface area contributed by atoms with E-state index < -0.39 is 17.2 Å². The predicted molar refractivity (Wildman–Crippen MR) is 92.5 cm³/mol. The summed E-state index contributed by atoms with van der Waals surface area (Å²) >= 11 is 0. The second-order valence-electron chi connectivity index (χ2n) is 6.12. The molecule has 2 heterocycles. The third-order valence-electron chi connectivity index (χ3n) is 4.58. The van der Waals surface area contributed by atoms with Crippen molar-refractivity contribution in [2.75, 3.05) is 0 Å². The van der Waals surface area contributed by atoms with Gasteiger partial charge in [0.05, 0.1) is 16.5 Å². The lowest BCUT2D eigenvalue weighted by Gasteiger charge is -2.13. The Morgan fingerprint density at radius 2 is 1.52 bits per heavy atom. The number of hydrogen-bond donors (Lipinski definition) is 0. The normalized spacial score (nSPS) is 12.4. The zero-order valence-electron chi connectivity index (χ0n) is 13.5. The Labute approximate surface area is 148 Å². The number of rotatable bonds is 1. The number of fused-ring (bicyclic) bond motifs is 5. The molecule has 0 radical (unpaired) electrons. The zero-order chi connectivity index (χ0) is 18.8. The van der Waals surface area contributed by atoms with E-state index >= 15 is 0 Å². The van der Waals surface area contributed by atoms with Crippen LogP contribution in [0.2, 0.25) is 0 Å². The minimum Gasteiger partial charge on any atom is -0.463 e. The molecule has 27 heavy (non-hydrogen) atoms. The molecule has 0 amide bonds. The van der Waals surface area contributed by atoms with Gasteiger partial charge < -0.3 is 4.42 Å². The van der Waals surface area contributed by atoms with Crippen LogP contribution in [0.5, 0.6) is 0 Å². The van der Waals surface area contributed by atoms with E-state index in [0.29, 0.717) is 21.9 Å². The summed E-state index contributed by atoms with van der Waals surface area (Å²) < 4.78 is 55.6. The molecule has 0 aliphatic rings. The first kappa shape index (κ1) is 15.7. The largest absolute Gasteiger partial charge is 0.463 e. The molecular weight excluding hydrogens is 361 g/mol. The Morgan fingerprint density at radius 1 is 0.778 bits per heavy atom. The highest BCUT2D eigenvalue weighted by Gasteiger charge is 2.34. The van der Waals surface area contributed by atoms with Crippen molar-refractivity contribution in [3.63, 3.8) is 0 Å². The lowest BCUT2D eigenvalue weighted by Crippen LogP contribution is -2.12. The van der Waals surface area contributed by atoms with E-state index in [1.165, 1.54) is 18.2 Å². The van der Waals surface area contributed by atoms with E-state index in [1.54, 1.807) is 24.3 Å². The van der Waals surface area contributed by atoms with Crippen LogP contribution in [0.1, 0.15) is 5.56 Å². The Kier molecular flexibility index (Phi) is 3.07. The monoisotopic (exact) mass is 370 g/mol. The highest BCUT2D eigenvalue weighted by molar-refractivity contribution is 6.16. The Hall–Kier alpha value is -3.48. The molecule has 0 aliphatic heterocycles. The predicted octanol–water partition coefficient (Wildman–Crippen LogP) is 5.97. The minimum atomic E-state index is -4.60. The first-order chi connectivity index (χ1) is 12.9. The molecule has 3 aromatic carbocycles. The van der Waals surface area contributed by atoms with E-state index in [9.17, 15) is 18.0 Å². The number of alkyl halides is 3. The number of benzene rings is 3. The summed E-state index contributed by atoms with van der Waals surface area (Å²) in [4.78, 5) is 13.2. The fraction of sp³-hybridized carbons (Fsp3) is 0.0500. The van der Waals surface area contributed by atoms with Crippen LogP contribution in [0.3, 0.4) is 0 Å². The molecule has 4 nitrogen and oxygen atoms in total. The third kappa shape index (κ3) is 2.21. The fourth-order valence-corrected chi connectivity index (χ4v) is 3.33. The molecular formula is C20H9F3O4. The van der Waals surface area contributed by atoms with Gasteiger partial charge in [-0.3, -0.25) is 13.9 Å². The molecule has 0 fully saturated rings. The maximum absolute atomic E-state index is 13.4. The van der Waals surface area contributed by atoms with Gasteiger partial charge in [-0.2, -0.15) is 13.2 Å². The van der Waals surface area contributed by atoms with Gasteiger partial charge in [-0.05, 0) is 23.6 Å². The molecule has 0 spiro atoms.